The summed E-state index contributed by atoms with van der Waals surface area (Å²) in [6.07, 6.45) is 5.63. The molecule has 6 nitrogen and oxygen atoms in total. The molecule has 1 saturated heterocycles. The smallest absolute Gasteiger partial charge is 0.292 e. The summed E-state index contributed by atoms with van der Waals surface area (Å²) in [6, 6.07) is 6.48. The van der Waals surface area contributed by atoms with Gasteiger partial charge < -0.3 is 10.2 Å². The number of nitro benzene ring substituents is 1. The number of hydrogen-bond acceptors (Lipinski definition) is 4. The third-order valence-corrected chi connectivity index (χ3v) is 5.88. The minimum atomic E-state index is -0.353. The van der Waals surface area contributed by atoms with Crippen LogP contribution in [0.1, 0.15) is 20.3 Å². The number of rotatable bonds is 4. The Labute approximate surface area is 147 Å². The van der Waals surface area contributed by atoms with E-state index in [1.165, 1.54) is 6.07 Å². The molecule has 0 spiro atoms. The third-order valence-electron chi connectivity index (χ3n) is 5.88. The molecule has 1 aromatic rings. The summed E-state index contributed by atoms with van der Waals surface area (Å²) < 4.78 is 0. The van der Waals surface area contributed by atoms with E-state index in [4.69, 9.17) is 0 Å². The first-order valence-corrected chi connectivity index (χ1v) is 8.96. The average Bonchev–Trinajstić information content (AvgIpc) is 3.25. The maximum Gasteiger partial charge on any atom is 0.292 e. The van der Waals surface area contributed by atoms with Crippen LogP contribution in [0.25, 0.3) is 0 Å². The maximum atomic E-state index is 13.0. The van der Waals surface area contributed by atoms with Crippen molar-refractivity contribution in [1.29, 1.82) is 0 Å². The molecule has 2 bridgehead atoms. The molecule has 1 N–H and O–H groups in total. The summed E-state index contributed by atoms with van der Waals surface area (Å²) in [5.74, 6) is 1.54. The lowest BCUT2D eigenvalue weighted by Gasteiger charge is -2.31. The number of allylic oxidation sites excluding steroid dienone is 2. The second kappa shape index (κ2) is 5.86. The van der Waals surface area contributed by atoms with Crippen LogP contribution in [0.15, 0.2) is 36.4 Å². The van der Waals surface area contributed by atoms with Crippen molar-refractivity contribution < 1.29 is 9.72 Å². The molecule has 1 aromatic carbocycles. The number of hydrogen-bond donors (Lipinski definition) is 1. The summed E-state index contributed by atoms with van der Waals surface area (Å²) in [7, 11) is 0. The molecule has 0 unspecified atom stereocenters. The molecule has 1 aliphatic heterocycles. The molecule has 1 amide bonds. The molecule has 0 aromatic heterocycles. The average molecular weight is 341 g/mol. The van der Waals surface area contributed by atoms with Crippen LogP contribution in [0.3, 0.4) is 0 Å². The maximum absolute atomic E-state index is 13.0. The van der Waals surface area contributed by atoms with Gasteiger partial charge in [0.1, 0.15) is 11.7 Å². The van der Waals surface area contributed by atoms with Gasteiger partial charge in [0.2, 0.25) is 5.91 Å². The number of carbonyl (C=O) groups excluding carboxylic acids is 1. The summed E-state index contributed by atoms with van der Waals surface area (Å²) in [4.78, 5) is 26.1. The highest BCUT2D eigenvalue weighted by atomic mass is 16.6. The number of amides is 1. The van der Waals surface area contributed by atoms with E-state index in [0.29, 0.717) is 30.0 Å². The van der Waals surface area contributed by atoms with Crippen molar-refractivity contribution in [3.63, 3.8) is 0 Å². The number of nitro groups is 1. The van der Waals surface area contributed by atoms with Gasteiger partial charge in [-0.15, -0.1) is 0 Å². The fourth-order valence-corrected chi connectivity index (χ4v) is 5.03. The van der Waals surface area contributed by atoms with Gasteiger partial charge in [-0.25, -0.2) is 0 Å². The predicted molar refractivity (Wildman–Crippen MR) is 95.2 cm³/mol. The van der Waals surface area contributed by atoms with Crippen LogP contribution in [0.5, 0.6) is 0 Å². The molecule has 25 heavy (non-hydrogen) atoms. The van der Waals surface area contributed by atoms with Crippen LogP contribution < -0.4 is 10.2 Å². The highest BCUT2D eigenvalue weighted by Crippen LogP contribution is 2.55. The van der Waals surface area contributed by atoms with E-state index in [2.05, 4.69) is 17.5 Å². The van der Waals surface area contributed by atoms with Crippen LogP contribution >= 0.6 is 0 Å². The van der Waals surface area contributed by atoms with Gasteiger partial charge in [-0.2, -0.15) is 0 Å². The second-order valence-electron chi connectivity index (χ2n) is 7.70. The van der Waals surface area contributed by atoms with Gasteiger partial charge in [0.05, 0.1) is 4.92 Å². The van der Waals surface area contributed by atoms with E-state index in [9.17, 15) is 14.9 Å². The van der Waals surface area contributed by atoms with Crippen molar-refractivity contribution in [3.05, 3.63) is 46.5 Å². The first-order chi connectivity index (χ1) is 12.0. The summed E-state index contributed by atoms with van der Waals surface area (Å²) in [5, 5.41) is 14.5. The predicted octanol–water partition coefficient (Wildman–Crippen LogP) is 2.75. The van der Waals surface area contributed by atoms with Crippen molar-refractivity contribution in [2.75, 3.05) is 11.4 Å². The number of para-hydroxylation sites is 2. The van der Waals surface area contributed by atoms with Crippen molar-refractivity contribution in [1.82, 2.24) is 5.32 Å². The number of anilines is 1. The Morgan fingerprint density at radius 3 is 2.72 bits per heavy atom. The molecule has 1 saturated carbocycles. The molecule has 0 radical (unpaired) electrons. The van der Waals surface area contributed by atoms with Gasteiger partial charge in [0, 0.05) is 18.7 Å². The largest absolute Gasteiger partial charge is 0.353 e. The lowest BCUT2D eigenvalue weighted by Crippen LogP contribution is -2.49. The Kier molecular flexibility index (Phi) is 3.78. The summed E-state index contributed by atoms with van der Waals surface area (Å²) in [6.45, 7) is 4.60. The van der Waals surface area contributed by atoms with Crippen molar-refractivity contribution >= 4 is 17.3 Å². The number of nitrogens with zero attached hydrogens (tertiary/aromatic N) is 2. The zero-order chi connectivity index (χ0) is 17.7. The highest BCUT2D eigenvalue weighted by molar-refractivity contribution is 5.88. The molecule has 3 aliphatic rings. The van der Waals surface area contributed by atoms with E-state index in [-0.39, 0.29) is 34.5 Å². The SMILES string of the molecule is CC(C)NC(=O)[C@@H]1[C@@H]2[C@H](CN1c1ccccc1[N+](=O)[O-])[C@@H]1C=C[C@H]2C1. The number of benzene rings is 1. The first kappa shape index (κ1) is 16.1. The highest BCUT2D eigenvalue weighted by Gasteiger charge is 2.57. The van der Waals surface area contributed by atoms with Crippen molar-refractivity contribution in [2.45, 2.75) is 32.4 Å². The van der Waals surface area contributed by atoms with Gasteiger partial charge in [-0.05, 0) is 50.0 Å². The zero-order valence-corrected chi connectivity index (χ0v) is 14.5. The Balaban J connectivity index is 1.74. The van der Waals surface area contributed by atoms with Crippen LogP contribution in [-0.2, 0) is 4.79 Å². The number of nitrogens with one attached hydrogen (secondary N) is 1. The molecule has 2 fully saturated rings. The Bertz CT molecular complexity index is 745. The summed E-state index contributed by atoms with van der Waals surface area (Å²) >= 11 is 0. The van der Waals surface area contributed by atoms with Crippen LogP contribution in [0.2, 0.25) is 0 Å². The van der Waals surface area contributed by atoms with Gasteiger partial charge in [-0.3, -0.25) is 14.9 Å². The van der Waals surface area contributed by atoms with Gasteiger partial charge in [0.25, 0.3) is 5.69 Å². The molecule has 5 atom stereocenters. The minimum absolute atomic E-state index is 0.0124. The Morgan fingerprint density at radius 2 is 2.00 bits per heavy atom. The van der Waals surface area contributed by atoms with E-state index in [0.717, 1.165) is 6.42 Å². The van der Waals surface area contributed by atoms with Crippen molar-refractivity contribution in [2.24, 2.45) is 23.7 Å². The summed E-state index contributed by atoms with van der Waals surface area (Å²) in [5.41, 5.74) is 0.635. The van der Waals surface area contributed by atoms with Gasteiger partial charge in [-0.1, -0.05) is 24.3 Å². The van der Waals surface area contributed by atoms with Crippen LogP contribution in [0, 0.1) is 33.8 Å². The fraction of sp³-hybridized carbons (Fsp3) is 0.526. The van der Waals surface area contributed by atoms with Crippen LogP contribution in [0.4, 0.5) is 11.4 Å². The number of fused-ring (bicyclic) bond motifs is 5. The first-order valence-electron chi connectivity index (χ1n) is 8.96. The standard InChI is InChI=1S/C19H23N3O3/c1-11(2)20-19(23)18-17-13-8-7-12(9-13)14(17)10-21(18)15-5-3-4-6-16(15)22(24)25/h3-8,11-14,17-18H,9-10H2,1-2H3,(H,20,23)/t12-,13+,14-,17+,18+/m1/s1. The lowest BCUT2D eigenvalue weighted by molar-refractivity contribution is -0.384. The normalized spacial score (nSPS) is 32.3. The van der Waals surface area contributed by atoms with Gasteiger partial charge >= 0.3 is 0 Å². The monoisotopic (exact) mass is 341 g/mol. The molecular weight excluding hydrogens is 318 g/mol. The molecule has 132 valence electrons. The Morgan fingerprint density at radius 1 is 1.28 bits per heavy atom. The van der Waals surface area contributed by atoms with E-state index >= 15 is 0 Å². The van der Waals surface area contributed by atoms with E-state index in [1.807, 2.05) is 18.7 Å². The zero-order valence-electron chi connectivity index (χ0n) is 14.5. The lowest BCUT2D eigenvalue weighted by atomic mass is 9.81. The molecule has 4 rings (SSSR count). The topological polar surface area (TPSA) is 75.5 Å². The fourth-order valence-electron chi connectivity index (χ4n) is 5.03. The molecular formula is C19H23N3O3. The van der Waals surface area contributed by atoms with E-state index < -0.39 is 0 Å². The Hall–Kier alpha value is -2.37. The second-order valence-corrected chi connectivity index (χ2v) is 7.70. The molecule has 6 heteroatoms. The number of carbonyl (C=O) groups is 1. The molecule has 2 aliphatic carbocycles. The minimum Gasteiger partial charge on any atom is -0.353 e. The third kappa shape index (κ3) is 2.51. The molecule has 1 heterocycles. The van der Waals surface area contributed by atoms with E-state index in [1.54, 1.807) is 18.2 Å². The van der Waals surface area contributed by atoms with Crippen molar-refractivity contribution in [3.8, 4) is 0 Å². The van der Waals surface area contributed by atoms with Gasteiger partial charge in [0.15, 0.2) is 0 Å². The quantitative estimate of drug-likeness (QED) is 0.519. The van der Waals surface area contributed by atoms with Crippen LogP contribution in [-0.4, -0.2) is 29.5 Å².